The Balaban J connectivity index is 0.00000264. The zero-order chi connectivity index (χ0) is 15.9. The Kier molecular flexibility index (Phi) is 8.96. The van der Waals surface area contributed by atoms with Crippen LogP contribution < -0.4 is 11.1 Å². The maximum atomic E-state index is 12.2. The number of amides is 1. The Morgan fingerprint density at radius 3 is 2.43 bits per heavy atom. The molecule has 0 saturated heterocycles. The Morgan fingerprint density at radius 1 is 1.26 bits per heavy atom. The summed E-state index contributed by atoms with van der Waals surface area (Å²) in [6.45, 7) is 2.98. The van der Waals surface area contributed by atoms with Crippen molar-refractivity contribution in [3.05, 3.63) is 34.9 Å². The van der Waals surface area contributed by atoms with Crippen LogP contribution in [0.25, 0.3) is 0 Å². The summed E-state index contributed by atoms with van der Waals surface area (Å²) in [5.41, 5.74) is 6.64. The molecule has 1 aliphatic carbocycles. The van der Waals surface area contributed by atoms with E-state index in [1.807, 2.05) is 24.3 Å². The van der Waals surface area contributed by atoms with Crippen LogP contribution in [0.3, 0.4) is 0 Å². The summed E-state index contributed by atoms with van der Waals surface area (Å²) in [5, 5.41) is 3.96. The maximum absolute atomic E-state index is 12.2. The average molecular weight is 359 g/mol. The van der Waals surface area contributed by atoms with Crippen molar-refractivity contribution in [1.82, 2.24) is 5.32 Å². The van der Waals surface area contributed by atoms with E-state index in [0.717, 1.165) is 42.8 Å². The summed E-state index contributed by atoms with van der Waals surface area (Å²) in [5.74, 6) is 1.40. The van der Waals surface area contributed by atoms with Gasteiger partial charge in [0.1, 0.15) is 0 Å². The van der Waals surface area contributed by atoms with Crippen molar-refractivity contribution in [3.8, 4) is 0 Å². The maximum Gasteiger partial charge on any atom is 0.220 e. The van der Waals surface area contributed by atoms with Crippen molar-refractivity contribution in [2.75, 3.05) is 6.54 Å². The lowest BCUT2D eigenvalue weighted by Crippen LogP contribution is -2.30. The van der Waals surface area contributed by atoms with Gasteiger partial charge in [-0.2, -0.15) is 0 Å². The molecule has 0 bridgehead atoms. The second-order valence-corrected chi connectivity index (χ2v) is 6.86. The number of carbonyl (C=O) groups excluding carboxylic acids is 1. The molecule has 1 fully saturated rings. The second kappa shape index (κ2) is 10.2. The zero-order valence-electron chi connectivity index (χ0n) is 13.8. The minimum absolute atomic E-state index is 0. The van der Waals surface area contributed by atoms with Crippen molar-refractivity contribution in [2.45, 2.75) is 51.5 Å². The number of benzene rings is 1. The number of nitrogens with two attached hydrogens (primary N) is 1. The number of hydrogen-bond donors (Lipinski definition) is 2. The fourth-order valence-corrected chi connectivity index (χ4v) is 3.08. The lowest BCUT2D eigenvalue weighted by atomic mass is 10.0. The third-order valence-electron chi connectivity index (χ3n) is 4.50. The summed E-state index contributed by atoms with van der Waals surface area (Å²) >= 11 is 5.96. The molecule has 1 saturated carbocycles. The fourth-order valence-electron chi connectivity index (χ4n) is 2.95. The van der Waals surface area contributed by atoms with E-state index < -0.39 is 0 Å². The number of carbonyl (C=O) groups is 1. The number of hydrogen-bond acceptors (Lipinski definition) is 2. The predicted molar refractivity (Wildman–Crippen MR) is 99.0 cm³/mol. The molecular formula is C18H28Cl2N2O. The molecule has 3 atom stereocenters. The van der Waals surface area contributed by atoms with Crippen LogP contribution in [-0.4, -0.2) is 12.5 Å². The summed E-state index contributed by atoms with van der Waals surface area (Å²) in [6.07, 6.45) is 5.98. The van der Waals surface area contributed by atoms with Gasteiger partial charge in [0.05, 0.1) is 6.04 Å². The van der Waals surface area contributed by atoms with E-state index in [4.69, 9.17) is 17.3 Å². The van der Waals surface area contributed by atoms with Crippen LogP contribution in [0.2, 0.25) is 5.02 Å². The fraction of sp³-hybridized carbons (Fsp3) is 0.611. The Bertz CT molecular complexity index is 478. The van der Waals surface area contributed by atoms with E-state index >= 15 is 0 Å². The molecule has 1 aromatic rings. The summed E-state index contributed by atoms with van der Waals surface area (Å²) in [6, 6.07) is 7.98. The summed E-state index contributed by atoms with van der Waals surface area (Å²) < 4.78 is 0. The zero-order valence-corrected chi connectivity index (χ0v) is 15.3. The number of rotatable bonds is 9. The van der Waals surface area contributed by atoms with Crippen LogP contribution in [0.4, 0.5) is 0 Å². The standard InChI is InChI=1S/C18H27ClN2O.ClH/c1-13-12-16(13)18(14-7-9-15(19)10-8-14)21-17(22)6-4-2-3-5-11-20;/h7-10,13,16,18H,2-6,11-12,20H2,1H3,(H,21,22);1H. The van der Waals surface area contributed by atoms with Crippen molar-refractivity contribution in [1.29, 1.82) is 0 Å². The Labute approximate surface area is 150 Å². The minimum Gasteiger partial charge on any atom is -0.349 e. The lowest BCUT2D eigenvalue weighted by molar-refractivity contribution is -0.122. The van der Waals surface area contributed by atoms with Gasteiger partial charge in [-0.05, 0) is 55.3 Å². The number of nitrogens with one attached hydrogen (secondary N) is 1. The monoisotopic (exact) mass is 358 g/mol. The van der Waals surface area contributed by atoms with E-state index in [1.165, 1.54) is 6.42 Å². The summed E-state index contributed by atoms with van der Waals surface area (Å²) in [7, 11) is 0. The van der Waals surface area contributed by atoms with Crippen LogP contribution in [0.15, 0.2) is 24.3 Å². The second-order valence-electron chi connectivity index (χ2n) is 6.43. The molecule has 0 heterocycles. The molecule has 3 N–H and O–H groups in total. The molecule has 3 unspecified atom stereocenters. The van der Waals surface area contributed by atoms with Crippen molar-refractivity contribution in [2.24, 2.45) is 17.6 Å². The Hall–Kier alpha value is -0.770. The SMILES string of the molecule is CC1CC1C(NC(=O)CCCCCCN)c1ccc(Cl)cc1.Cl. The predicted octanol–water partition coefficient (Wildman–Crippen LogP) is 4.48. The molecule has 23 heavy (non-hydrogen) atoms. The highest BCUT2D eigenvalue weighted by atomic mass is 35.5. The van der Waals surface area contributed by atoms with Gasteiger partial charge in [0.25, 0.3) is 0 Å². The van der Waals surface area contributed by atoms with Gasteiger partial charge in [-0.25, -0.2) is 0 Å². The molecule has 0 aliphatic heterocycles. The molecule has 3 nitrogen and oxygen atoms in total. The van der Waals surface area contributed by atoms with Crippen molar-refractivity contribution < 1.29 is 4.79 Å². The van der Waals surface area contributed by atoms with Gasteiger partial charge in [-0.1, -0.05) is 43.5 Å². The van der Waals surface area contributed by atoms with Crippen LogP contribution in [-0.2, 0) is 4.79 Å². The van der Waals surface area contributed by atoms with Crippen LogP contribution >= 0.6 is 24.0 Å². The van der Waals surface area contributed by atoms with E-state index in [2.05, 4.69) is 12.2 Å². The molecule has 1 aromatic carbocycles. The molecule has 0 radical (unpaired) electrons. The van der Waals surface area contributed by atoms with Gasteiger partial charge in [0.2, 0.25) is 5.91 Å². The van der Waals surface area contributed by atoms with Crippen LogP contribution in [0, 0.1) is 11.8 Å². The number of unbranched alkanes of at least 4 members (excludes halogenated alkanes) is 3. The van der Waals surface area contributed by atoms with Crippen molar-refractivity contribution in [3.63, 3.8) is 0 Å². The average Bonchev–Trinajstić information content (AvgIpc) is 3.22. The largest absolute Gasteiger partial charge is 0.349 e. The molecule has 0 spiro atoms. The first-order valence-corrected chi connectivity index (χ1v) is 8.74. The normalized spacial score (nSPS) is 20.5. The van der Waals surface area contributed by atoms with E-state index in [0.29, 0.717) is 18.3 Å². The summed E-state index contributed by atoms with van der Waals surface area (Å²) in [4.78, 5) is 12.2. The smallest absolute Gasteiger partial charge is 0.220 e. The molecule has 0 aromatic heterocycles. The van der Waals surface area contributed by atoms with Gasteiger partial charge in [-0.15, -0.1) is 12.4 Å². The highest BCUT2D eigenvalue weighted by molar-refractivity contribution is 6.30. The lowest BCUT2D eigenvalue weighted by Gasteiger charge is -2.19. The van der Waals surface area contributed by atoms with E-state index in [9.17, 15) is 4.79 Å². The third kappa shape index (κ3) is 6.70. The molecule has 1 aliphatic rings. The highest BCUT2D eigenvalue weighted by Gasteiger charge is 2.40. The quantitative estimate of drug-likeness (QED) is 0.639. The van der Waals surface area contributed by atoms with Gasteiger partial charge < -0.3 is 11.1 Å². The van der Waals surface area contributed by atoms with Gasteiger partial charge >= 0.3 is 0 Å². The van der Waals surface area contributed by atoms with Gasteiger partial charge in [0.15, 0.2) is 0 Å². The third-order valence-corrected chi connectivity index (χ3v) is 4.76. The first-order chi connectivity index (χ1) is 10.6. The Morgan fingerprint density at radius 2 is 1.87 bits per heavy atom. The van der Waals surface area contributed by atoms with Gasteiger partial charge in [0, 0.05) is 11.4 Å². The first-order valence-electron chi connectivity index (χ1n) is 8.36. The van der Waals surface area contributed by atoms with Crippen molar-refractivity contribution >= 4 is 29.9 Å². The van der Waals surface area contributed by atoms with E-state index in [-0.39, 0.29) is 24.4 Å². The van der Waals surface area contributed by atoms with Crippen LogP contribution in [0.1, 0.15) is 57.1 Å². The highest BCUT2D eigenvalue weighted by Crippen LogP contribution is 2.47. The molecule has 2 rings (SSSR count). The molecule has 130 valence electrons. The molecule has 5 heteroatoms. The minimum atomic E-state index is 0. The van der Waals surface area contributed by atoms with E-state index in [1.54, 1.807) is 0 Å². The van der Waals surface area contributed by atoms with Gasteiger partial charge in [-0.3, -0.25) is 4.79 Å². The first kappa shape index (κ1) is 20.3. The van der Waals surface area contributed by atoms with Crippen LogP contribution in [0.5, 0.6) is 0 Å². The molecule has 1 amide bonds. The molecular weight excluding hydrogens is 331 g/mol. The topological polar surface area (TPSA) is 55.1 Å². The number of halogens is 2.